The van der Waals surface area contributed by atoms with Crippen molar-refractivity contribution in [2.45, 2.75) is 20.0 Å². The smallest absolute Gasteiger partial charge is 0.251 e. The first-order valence-corrected chi connectivity index (χ1v) is 8.71. The molecule has 1 aromatic heterocycles. The number of aryl methyl sites for hydroxylation is 1. The topological polar surface area (TPSA) is 93.3 Å². The molecule has 0 aliphatic heterocycles. The average Bonchev–Trinajstić information content (AvgIpc) is 2.69. The number of halogens is 1. The SMILES string of the molecule is Cc1ncnc(N)c1C=NCc1cccc(C(=O)NCc2cccc(F)c2)c1. The molecule has 0 saturated heterocycles. The third kappa shape index (κ3) is 4.97. The molecular weight excluding hydrogens is 357 g/mol. The minimum absolute atomic E-state index is 0.230. The Kier molecular flexibility index (Phi) is 6.06. The van der Waals surface area contributed by atoms with Crippen LogP contribution in [0.1, 0.15) is 32.7 Å². The fourth-order valence-electron chi connectivity index (χ4n) is 2.65. The number of amides is 1. The quantitative estimate of drug-likeness (QED) is 0.646. The standard InChI is InChI=1S/C21H20FN5O/c1-14-19(20(23)27-13-26-14)12-24-10-15-4-2-6-17(8-15)21(28)25-11-16-5-3-7-18(22)9-16/h2-9,12-13H,10-11H2,1H3,(H,25,28)(H2,23,26,27). The number of nitrogens with zero attached hydrogens (tertiary/aromatic N) is 3. The molecule has 0 radical (unpaired) electrons. The zero-order valence-electron chi connectivity index (χ0n) is 15.4. The molecule has 1 amide bonds. The second-order valence-corrected chi connectivity index (χ2v) is 6.24. The van der Waals surface area contributed by atoms with Gasteiger partial charge in [-0.25, -0.2) is 14.4 Å². The zero-order chi connectivity index (χ0) is 19.9. The normalized spacial score (nSPS) is 10.9. The van der Waals surface area contributed by atoms with Gasteiger partial charge in [-0.3, -0.25) is 9.79 Å². The van der Waals surface area contributed by atoms with E-state index in [-0.39, 0.29) is 18.3 Å². The van der Waals surface area contributed by atoms with Crippen molar-refractivity contribution in [2.75, 3.05) is 5.73 Å². The molecule has 3 rings (SSSR count). The molecule has 6 nitrogen and oxygen atoms in total. The maximum absolute atomic E-state index is 13.2. The molecule has 28 heavy (non-hydrogen) atoms. The van der Waals surface area contributed by atoms with Crippen LogP contribution in [0.3, 0.4) is 0 Å². The Hall–Kier alpha value is -3.61. The Morgan fingerprint density at radius 2 is 1.96 bits per heavy atom. The largest absolute Gasteiger partial charge is 0.383 e. The van der Waals surface area contributed by atoms with Crippen LogP contribution in [-0.4, -0.2) is 22.1 Å². The minimum Gasteiger partial charge on any atom is -0.383 e. The highest BCUT2D eigenvalue weighted by Gasteiger charge is 2.07. The predicted octanol–water partition coefficient (Wildman–Crippen LogP) is 3.06. The highest BCUT2D eigenvalue weighted by molar-refractivity contribution is 5.94. The van der Waals surface area contributed by atoms with Crippen molar-refractivity contribution in [3.63, 3.8) is 0 Å². The van der Waals surface area contributed by atoms with E-state index < -0.39 is 0 Å². The number of nitrogens with one attached hydrogen (secondary N) is 1. The molecule has 142 valence electrons. The highest BCUT2D eigenvalue weighted by Crippen LogP contribution is 2.10. The van der Waals surface area contributed by atoms with Crippen LogP contribution < -0.4 is 11.1 Å². The van der Waals surface area contributed by atoms with Crippen LogP contribution >= 0.6 is 0 Å². The summed E-state index contributed by atoms with van der Waals surface area (Å²) in [6.45, 7) is 2.48. The molecular formula is C21H20FN5O. The molecule has 3 N–H and O–H groups in total. The van der Waals surface area contributed by atoms with Gasteiger partial charge in [-0.05, 0) is 42.3 Å². The fourth-order valence-corrected chi connectivity index (χ4v) is 2.65. The lowest BCUT2D eigenvalue weighted by Gasteiger charge is -2.07. The number of aliphatic imine (C=N–C) groups is 1. The number of benzene rings is 2. The summed E-state index contributed by atoms with van der Waals surface area (Å²) < 4.78 is 13.2. The lowest BCUT2D eigenvalue weighted by Crippen LogP contribution is -2.22. The Morgan fingerprint density at radius 1 is 1.18 bits per heavy atom. The first-order valence-electron chi connectivity index (χ1n) is 8.71. The van der Waals surface area contributed by atoms with Crippen LogP contribution in [0, 0.1) is 12.7 Å². The van der Waals surface area contributed by atoms with Crippen molar-refractivity contribution >= 4 is 17.9 Å². The van der Waals surface area contributed by atoms with Crippen LogP contribution in [0.2, 0.25) is 0 Å². The van der Waals surface area contributed by atoms with Crippen molar-refractivity contribution in [3.8, 4) is 0 Å². The van der Waals surface area contributed by atoms with E-state index in [0.29, 0.717) is 29.1 Å². The lowest BCUT2D eigenvalue weighted by molar-refractivity contribution is 0.0950. The maximum Gasteiger partial charge on any atom is 0.251 e. The minimum atomic E-state index is -0.328. The van der Waals surface area contributed by atoms with E-state index in [1.54, 1.807) is 36.5 Å². The molecule has 0 bridgehead atoms. The number of carbonyl (C=O) groups is 1. The Morgan fingerprint density at radius 3 is 2.75 bits per heavy atom. The van der Waals surface area contributed by atoms with Crippen LogP contribution in [0.15, 0.2) is 59.9 Å². The summed E-state index contributed by atoms with van der Waals surface area (Å²) in [6, 6.07) is 13.3. The van der Waals surface area contributed by atoms with Gasteiger partial charge < -0.3 is 11.1 Å². The van der Waals surface area contributed by atoms with Gasteiger partial charge in [0.15, 0.2) is 0 Å². The van der Waals surface area contributed by atoms with E-state index in [1.807, 2.05) is 13.0 Å². The molecule has 0 unspecified atom stereocenters. The summed E-state index contributed by atoms with van der Waals surface area (Å²) in [7, 11) is 0. The molecule has 0 atom stereocenters. The molecule has 2 aromatic carbocycles. The number of nitrogens with two attached hydrogens (primary N) is 1. The first-order chi connectivity index (χ1) is 13.5. The number of aromatic nitrogens is 2. The van der Waals surface area contributed by atoms with Crippen LogP contribution in [0.4, 0.5) is 10.2 Å². The van der Waals surface area contributed by atoms with Crippen molar-refractivity contribution in [1.82, 2.24) is 15.3 Å². The monoisotopic (exact) mass is 377 g/mol. The number of hydrogen-bond acceptors (Lipinski definition) is 5. The number of hydrogen-bond donors (Lipinski definition) is 2. The molecule has 0 aliphatic carbocycles. The van der Waals surface area contributed by atoms with Crippen LogP contribution in [-0.2, 0) is 13.1 Å². The van der Waals surface area contributed by atoms with Crippen molar-refractivity contribution < 1.29 is 9.18 Å². The van der Waals surface area contributed by atoms with Gasteiger partial charge in [-0.1, -0.05) is 24.3 Å². The first kappa shape index (κ1) is 19.2. The van der Waals surface area contributed by atoms with E-state index in [1.165, 1.54) is 18.5 Å². The average molecular weight is 377 g/mol. The molecule has 1 heterocycles. The predicted molar refractivity (Wildman–Crippen MR) is 106 cm³/mol. The highest BCUT2D eigenvalue weighted by atomic mass is 19.1. The van der Waals surface area contributed by atoms with E-state index in [9.17, 15) is 9.18 Å². The second kappa shape index (κ2) is 8.85. The maximum atomic E-state index is 13.2. The number of carbonyl (C=O) groups excluding carboxylic acids is 1. The van der Waals surface area contributed by atoms with Crippen LogP contribution in [0.25, 0.3) is 0 Å². The molecule has 0 spiro atoms. The Bertz CT molecular complexity index is 999. The summed E-state index contributed by atoms with van der Waals surface area (Å²) >= 11 is 0. The Balaban J connectivity index is 1.63. The van der Waals surface area contributed by atoms with E-state index in [4.69, 9.17) is 5.73 Å². The van der Waals surface area contributed by atoms with E-state index in [2.05, 4.69) is 20.3 Å². The fraction of sp³-hybridized carbons (Fsp3) is 0.143. The van der Waals surface area contributed by atoms with Gasteiger partial charge in [0, 0.05) is 18.3 Å². The molecule has 0 aliphatic rings. The number of anilines is 1. The summed E-state index contributed by atoms with van der Waals surface area (Å²) in [5, 5.41) is 2.79. The molecule has 3 aromatic rings. The van der Waals surface area contributed by atoms with Gasteiger partial charge in [0.1, 0.15) is 18.0 Å². The van der Waals surface area contributed by atoms with Crippen LogP contribution in [0.5, 0.6) is 0 Å². The third-order valence-corrected chi connectivity index (χ3v) is 4.14. The summed E-state index contributed by atoms with van der Waals surface area (Å²) in [4.78, 5) is 24.8. The van der Waals surface area contributed by atoms with Gasteiger partial charge in [0.2, 0.25) is 0 Å². The van der Waals surface area contributed by atoms with Gasteiger partial charge in [0.05, 0.1) is 17.8 Å². The number of rotatable bonds is 6. The van der Waals surface area contributed by atoms with Gasteiger partial charge >= 0.3 is 0 Å². The molecule has 0 fully saturated rings. The van der Waals surface area contributed by atoms with Crippen molar-refractivity contribution in [3.05, 3.63) is 88.6 Å². The zero-order valence-corrected chi connectivity index (χ0v) is 15.4. The van der Waals surface area contributed by atoms with Crippen molar-refractivity contribution in [1.29, 1.82) is 0 Å². The van der Waals surface area contributed by atoms with E-state index in [0.717, 1.165) is 11.3 Å². The second-order valence-electron chi connectivity index (χ2n) is 6.24. The van der Waals surface area contributed by atoms with Gasteiger partial charge in [-0.15, -0.1) is 0 Å². The molecule has 0 saturated carbocycles. The van der Waals surface area contributed by atoms with Gasteiger partial charge in [0.25, 0.3) is 5.91 Å². The lowest BCUT2D eigenvalue weighted by atomic mass is 10.1. The van der Waals surface area contributed by atoms with Gasteiger partial charge in [-0.2, -0.15) is 0 Å². The third-order valence-electron chi connectivity index (χ3n) is 4.14. The van der Waals surface area contributed by atoms with E-state index >= 15 is 0 Å². The summed E-state index contributed by atoms with van der Waals surface area (Å²) in [6.07, 6.45) is 3.05. The van der Waals surface area contributed by atoms with Crippen molar-refractivity contribution in [2.24, 2.45) is 4.99 Å². The number of nitrogen functional groups attached to an aromatic ring is 1. The summed E-state index contributed by atoms with van der Waals surface area (Å²) in [5.41, 5.74) is 9.37. The summed E-state index contributed by atoms with van der Waals surface area (Å²) in [5.74, 6) is -0.181. The Labute approximate surface area is 162 Å². The molecule has 7 heteroatoms.